The van der Waals surface area contributed by atoms with Crippen LogP contribution in [0.2, 0.25) is 0 Å². The summed E-state index contributed by atoms with van der Waals surface area (Å²) in [7, 11) is 0. The van der Waals surface area contributed by atoms with Gasteiger partial charge in [-0.25, -0.2) is 4.98 Å². The van der Waals surface area contributed by atoms with Crippen LogP contribution in [0.3, 0.4) is 0 Å². The molecule has 2 unspecified atom stereocenters. The summed E-state index contributed by atoms with van der Waals surface area (Å²) in [6.07, 6.45) is 7.00. The molecule has 4 nitrogen and oxygen atoms in total. The molecular weight excluding hydrogens is 234 g/mol. The minimum absolute atomic E-state index is 0.0501. The largest absolute Gasteiger partial charge is 0.384 e. The van der Waals surface area contributed by atoms with E-state index in [1.807, 2.05) is 11.8 Å². The Morgan fingerprint density at radius 1 is 1.59 bits per heavy atom. The fraction of sp³-hybridized carbons (Fsp3) is 0.500. The maximum absolute atomic E-state index is 11.9. The maximum atomic E-state index is 11.9. The van der Waals surface area contributed by atoms with Crippen LogP contribution >= 0.6 is 11.8 Å². The summed E-state index contributed by atoms with van der Waals surface area (Å²) < 4.78 is 0. The van der Waals surface area contributed by atoms with Gasteiger partial charge in [0.05, 0.1) is 0 Å². The third kappa shape index (κ3) is 3.12. The number of carbonyl (C=O) groups excluding carboxylic acids is 1. The molecular formula is C12H17N3OS. The summed E-state index contributed by atoms with van der Waals surface area (Å²) in [6, 6.07) is 3.59. The molecule has 1 saturated carbocycles. The van der Waals surface area contributed by atoms with E-state index in [1.165, 1.54) is 6.42 Å². The van der Waals surface area contributed by atoms with E-state index < -0.39 is 0 Å². The lowest BCUT2D eigenvalue weighted by Crippen LogP contribution is -2.33. The van der Waals surface area contributed by atoms with Gasteiger partial charge in [0, 0.05) is 23.1 Å². The number of hydrogen-bond donors (Lipinski definition) is 2. The van der Waals surface area contributed by atoms with Gasteiger partial charge in [0.25, 0.3) is 5.91 Å². The predicted molar refractivity (Wildman–Crippen MR) is 71.1 cm³/mol. The van der Waals surface area contributed by atoms with Gasteiger partial charge in [0.1, 0.15) is 5.82 Å². The van der Waals surface area contributed by atoms with E-state index in [-0.39, 0.29) is 5.91 Å². The molecule has 2 atom stereocenters. The van der Waals surface area contributed by atoms with Crippen LogP contribution in [0.5, 0.6) is 0 Å². The van der Waals surface area contributed by atoms with E-state index in [4.69, 9.17) is 5.73 Å². The molecule has 1 aliphatic carbocycles. The topological polar surface area (TPSA) is 68.0 Å². The zero-order valence-corrected chi connectivity index (χ0v) is 10.7. The van der Waals surface area contributed by atoms with Gasteiger partial charge in [0.15, 0.2) is 0 Å². The summed E-state index contributed by atoms with van der Waals surface area (Å²) in [4.78, 5) is 15.8. The number of amides is 1. The number of hydrogen-bond acceptors (Lipinski definition) is 4. The normalized spacial score (nSPS) is 23.6. The number of carbonyl (C=O) groups is 1. The van der Waals surface area contributed by atoms with Crippen LogP contribution in [0, 0.1) is 0 Å². The first-order valence-corrected chi connectivity index (χ1v) is 7.03. The number of anilines is 1. The highest BCUT2D eigenvalue weighted by Gasteiger charge is 2.25. The molecule has 1 heterocycles. The lowest BCUT2D eigenvalue weighted by atomic mass is 10.2. The van der Waals surface area contributed by atoms with Crippen molar-refractivity contribution in [2.75, 3.05) is 12.0 Å². The van der Waals surface area contributed by atoms with E-state index in [9.17, 15) is 4.79 Å². The van der Waals surface area contributed by atoms with Gasteiger partial charge in [0.2, 0.25) is 0 Å². The van der Waals surface area contributed by atoms with Crippen molar-refractivity contribution >= 4 is 23.5 Å². The first kappa shape index (κ1) is 12.2. The second kappa shape index (κ2) is 5.40. The number of aromatic nitrogens is 1. The maximum Gasteiger partial charge on any atom is 0.251 e. The second-order valence-electron chi connectivity index (χ2n) is 4.31. The van der Waals surface area contributed by atoms with Crippen LogP contribution in [0.25, 0.3) is 0 Å². The SMILES string of the molecule is CSC1CCC(NC(=O)c2ccnc(N)c2)C1. The van der Waals surface area contributed by atoms with Crippen molar-refractivity contribution in [1.82, 2.24) is 10.3 Å². The van der Waals surface area contributed by atoms with Gasteiger partial charge >= 0.3 is 0 Å². The van der Waals surface area contributed by atoms with Gasteiger partial charge in [-0.05, 0) is 37.7 Å². The Hall–Kier alpha value is -1.23. The summed E-state index contributed by atoms with van der Waals surface area (Å²) in [5.74, 6) is 0.330. The second-order valence-corrected chi connectivity index (χ2v) is 5.45. The summed E-state index contributed by atoms with van der Waals surface area (Å²) in [5.41, 5.74) is 6.14. The first-order chi connectivity index (χ1) is 8.19. The average molecular weight is 251 g/mol. The van der Waals surface area contributed by atoms with Crippen LogP contribution in [0.4, 0.5) is 5.82 Å². The Balaban J connectivity index is 1.94. The molecule has 0 saturated heterocycles. The van der Waals surface area contributed by atoms with E-state index in [0.29, 0.717) is 22.7 Å². The lowest BCUT2D eigenvalue weighted by Gasteiger charge is -2.12. The Labute approximate surface area is 105 Å². The van der Waals surface area contributed by atoms with Crippen molar-refractivity contribution in [1.29, 1.82) is 0 Å². The van der Waals surface area contributed by atoms with Crippen molar-refractivity contribution in [2.45, 2.75) is 30.6 Å². The monoisotopic (exact) mass is 251 g/mol. The van der Waals surface area contributed by atoms with Crippen LogP contribution in [0.15, 0.2) is 18.3 Å². The fourth-order valence-corrected chi connectivity index (χ4v) is 2.94. The minimum atomic E-state index is -0.0501. The summed E-state index contributed by atoms with van der Waals surface area (Å²) in [5, 5.41) is 3.73. The van der Waals surface area contributed by atoms with E-state index in [2.05, 4.69) is 16.6 Å². The molecule has 0 bridgehead atoms. The Morgan fingerprint density at radius 3 is 3.06 bits per heavy atom. The molecule has 92 valence electrons. The molecule has 1 aromatic heterocycles. The van der Waals surface area contributed by atoms with Gasteiger partial charge in [-0.15, -0.1) is 0 Å². The first-order valence-electron chi connectivity index (χ1n) is 5.74. The quantitative estimate of drug-likeness (QED) is 0.857. The molecule has 17 heavy (non-hydrogen) atoms. The van der Waals surface area contributed by atoms with E-state index in [0.717, 1.165) is 12.8 Å². The highest BCUT2D eigenvalue weighted by Crippen LogP contribution is 2.28. The number of nitrogens with one attached hydrogen (secondary N) is 1. The third-order valence-corrected chi connectivity index (χ3v) is 4.19. The summed E-state index contributed by atoms with van der Waals surface area (Å²) in [6.45, 7) is 0. The third-order valence-electron chi connectivity index (χ3n) is 3.10. The van der Waals surface area contributed by atoms with Crippen LogP contribution in [-0.4, -0.2) is 28.4 Å². The van der Waals surface area contributed by atoms with Crippen molar-refractivity contribution in [3.8, 4) is 0 Å². The standard InChI is InChI=1S/C12H17N3OS/c1-17-10-3-2-9(7-10)15-12(16)8-4-5-14-11(13)6-8/h4-6,9-10H,2-3,7H2,1H3,(H2,13,14)(H,15,16). The molecule has 3 N–H and O–H groups in total. The highest BCUT2D eigenvalue weighted by molar-refractivity contribution is 7.99. The Bertz CT molecular complexity index is 410. The number of nitrogens with zero attached hydrogens (tertiary/aromatic N) is 1. The van der Waals surface area contributed by atoms with Crippen LogP contribution < -0.4 is 11.1 Å². The fourth-order valence-electron chi connectivity index (χ4n) is 2.14. The number of nitrogens with two attached hydrogens (primary N) is 1. The van der Waals surface area contributed by atoms with E-state index >= 15 is 0 Å². The molecule has 1 aromatic rings. The molecule has 1 amide bonds. The molecule has 1 fully saturated rings. The van der Waals surface area contributed by atoms with Gasteiger partial charge in [-0.1, -0.05) is 0 Å². The van der Waals surface area contributed by atoms with Crippen molar-refractivity contribution < 1.29 is 4.79 Å². The number of rotatable bonds is 3. The minimum Gasteiger partial charge on any atom is -0.384 e. The zero-order chi connectivity index (χ0) is 12.3. The molecule has 1 aliphatic rings. The number of nitrogen functional groups attached to an aromatic ring is 1. The van der Waals surface area contributed by atoms with Gasteiger partial charge in [-0.2, -0.15) is 11.8 Å². The molecule has 0 radical (unpaired) electrons. The van der Waals surface area contributed by atoms with Crippen LogP contribution in [0.1, 0.15) is 29.6 Å². The average Bonchev–Trinajstić information content (AvgIpc) is 2.77. The van der Waals surface area contributed by atoms with Crippen molar-refractivity contribution in [3.63, 3.8) is 0 Å². The number of thioether (sulfide) groups is 1. The lowest BCUT2D eigenvalue weighted by molar-refractivity contribution is 0.0938. The molecule has 2 rings (SSSR count). The molecule has 5 heteroatoms. The zero-order valence-electron chi connectivity index (χ0n) is 9.85. The van der Waals surface area contributed by atoms with Crippen LogP contribution in [-0.2, 0) is 0 Å². The Morgan fingerprint density at radius 2 is 2.41 bits per heavy atom. The molecule has 0 aromatic carbocycles. The number of pyridine rings is 1. The summed E-state index contributed by atoms with van der Waals surface area (Å²) >= 11 is 1.88. The molecule has 0 aliphatic heterocycles. The molecule has 0 spiro atoms. The Kier molecular flexibility index (Phi) is 3.89. The van der Waals surface area contributed by atoms with Gasteiger partial charge in [-0.3, -0.25) is 4.79 Å². The van der Waals surface area contributed by atoms with Gasteiger partial charge < -0.3 is 11.1 Å². The van der Waals surface area contributed by atoms with E-state index in [1.54, 1.807) is 18.3 Å². The smallest absolute Gasteiger partial charge is 0.251 e. The highest BCUT2D eigenvalue weighted by atomic mass is 32.2. The predicted octanol–water partition coefficient (Wildman–Crippen LogP) is 1.68. The van der Waals surface area contributed by atoms with Crippen molar-refractivity contribution in [3.05, 3.63) is 23.9 Å². The van der Waals surface area contributed by atoms with Crippen molar-refractivity contribution in [2.24, 2.45) is 0 Å².